The molecule has 0 bridgehead atoms. The molecule has 1 saturated carbocycles. The van der Waals surface area contributed by atoms with Crippen molar-refractivity contribution in [1.82, 2.24) is 14.9 Å². The van der Waals surface area contributed by atoms with Gasteiger partial charge < -0.3 is 15.0 Å². The van der Waals surface area contributed by atoms with Crippen molar-refractivity contribution < 1.29 is 14.7 Å². The van der Waals surface area contributed by atoms with Crippen molar-refractivity contribution in [2.24, 2.45) is 11.8 Å². The molecule has 7 heteroatoms. The van der Waals surface area contributed by atoms with Crippen molar-refractivity contribution in [3.63, 3.8) is 0 Å². The zero-order chi connectivity index (χ0) is 19.6. The van der Waals surface area contributed by atoms with Crippen LogP contribution < -0.4 is 10.7 Å². The first-order chi connectivity index (χ1) is 12.9. The van der Waals surface area contributed by atoms with Crippen LogP contribution in [-0.2, 0) is 11.3 Å². The van der Waals surface area contributed by atoms with E-state index >= 15 is 0 Å². The van der Waals surface area contributed by atoms with Gasteiger partial charge in [-0.3, -0.25) is 14.4 Å². The maximum atomic E-state index is 12.7. The van der Waals surface area contributed by atoms with Gasteiger partial charge in [0.05, 0.1) is 11.3 Å². The summed E-state index contributed by atoms with van der Waals surface area (Å²) in [6.45, 7) is 4.87. The standard InChI is InChI=1S/C20H25N3O4/c1-3-23-11-16(17(24)15-9-4-12(2)22-18(15)23)19(25)21-10-13-5-7-14(8-6-13)20(26)27/h4,9,11,13-14H,3,5-8,10H2,1-2H3,(H,21,25)(H,26,27). The maximum Gasteiger partial charge on any atom is 0.306 e. The number of aromatic nitrogens is 2. The Morgan fingerprint density at radius 3 is 2.59 bits per heavy atom. The highest BCUT2D eigenvalue weighted by Crippen LogP contribution is 2.28. The monoisotopic (exact) mass is 371 g/mol. The average Bonchev–Trinajstić information content (AvgIpc) is 2.66. The number of nitrogens with zero attached hydrogens (tertiary/aromatic N) is 2. The maximum absolute atomic E-state index is 12.7. The SMILES string of the molecule is CCn1cc(C(=O)NCC2CCC(C(=O)O)CC2)c(=O)c2ccc(C)nc21. The largest absolute Gasteiger partial charge is 0.481 e. The molecule has 1 fully saturated rings. The number of carbonyl (C=O) groups excluding carboxylic acids is 1. The number of nitrogens with one attached hydrogen (secondary N) is 1. The van der Waals surface area contributed by atoms with Gasteiger partial charge in [-0.2, -0.15) is 0 Å². The van der Waals surface area contributed by atoms with Crippen molar-refractivity contribution in [1.29, 1.82) is 0 Å². The molecule has 0 saturated heterocycles. The fraction of sp³-hybridized carbons (Fsp3) is 0.500. The summed E-state index contributed by atoms with van der Waals surface area (Å²) in [5, 5.41) is 12.4. The van der Waals surface area contributed by atoms with Crippen LogP contribution in [-0.4, -0.2) is 33.1 Å². The number of rotatable bonds is 5. The quantitative estimate of drug-likeness (QED) is 0.840. The Morgan fingerprint density at radius 2 is 1.96 bits per heavy atom. The molecule has 2 N–H and O–H groups in total. The van der Waals surface area contributed by atoms with Crippen LogP contribution in [0, 0.1) is 18.8 Å². The molecule has 27 heavy (non-hydrogen) atoms. The minimum absolute atomic E-state index is 0.120. The first-order valence-electron chi connectivity index (χ1n) is 9.42. The van der Waals surface area contributed by atoms with E-state index in [4.69, 9.17) is 5.11 Å². The van der Waals surface area contributed by atoms with Crippen molar-refractivity contribution in [3.05, 3.63) is 39.8 Å². The minimum Gasteiger partial charge on any atom is -0.481 e. The molecule has 7 nitrogen and oxygen atoms in total. The predicted molar refractivity (Wildman–Crippen MR) is 102 cm³/mol. The molecule has 1 aliphatic rings. The molecule has 0 aliphatic heterocycles. The van der Waals surface area contributed by atoms with Gasteiger partial charge in [0.25, 0.3) is 5.91 Å². The van der Waals surface area contributed by atoms with E-state index in [-0.39, 0.29) is 28.7 Å². The number of amides is 1. The van der Waals surface area contributed by atoms with Gasteiger partial charge >= 0.3 is 5.97 Å². The molecule has 1 aliphatic carbocycles. The number of pyridine rings is 2. The highest BCUT2D eigenvalue weighted by atomic mass is 16.4. The number of aliphatic carboxylic acids is 1. The Bertz CT molecular complexity index is 927. The summed E-state index contributed by atoms with van der Waals surface area (Å²) in [4.78, 5) is 40.8. The average molecular weight is 371 g/mol. The molecule has 0 atom stereocenters. The topological polar surface area (TPSA) is 101 Å². The Labute approximate surface area is 157 Å². The van der Waals surface area contributed by atoms with Gasteiger partial charge in [0.1, 0.15) is 11.2 Å². The van der Waals surface area contributed by atoms with Gasteiger partial charge in [0, 0.05) is 25.0 Å². The number of carbonyl (C=O) groups is 2. The number of hydrogen-bond donors (Lipinski definition) is 2. The predicted octanol–water partition coefficient (Wildman–Crippen LogP) is 2.35. The molecule has 0 radical (unpaired) electrons. The van der Waals surface area contributed by atoms with Crippen molar-refractivity contribution >= 4 is 22.9 Å². The van der Waals surface area contributed by atoms with E-state index < -0.39 is 5.97 Å². The second-order valence-corrected chi connectivity index (χ2v) is 7.25. The van der Waals surface area contributed by atoms with Gasteiger partial charge in [0.15, 0.2) is 0 Å². The Kier molecular flexibility index (Phi) is 5.58. The first kappa shape index (κ1) is 19.1. The Hall–Kier alpha value is -2.70. The van der Waals surface area contributed by atoms with E-state index in [1.807, 2.05) is 18.4 Å². The van der Waals surface area contributed by atoms with E-state index in [0.717, 1.165) is 18.5 Å². The lowest BCUT2D eigenvalue weighted by Gasteiger charge is -2.26. The molecular formula is C20H25N3O4. The summed E-state index contributed by atoms with van der Waals surface area (Å²) < 4.78 is 1.82. The molecule has 0 unspecified atom stereocenters. The van der Waals surface area contributed by atoms with Crippen LogP contribution in [0.25, 0.3) is 11.0 Å². The lowest BCUT2D eigenvalue weighted by molar-refractivity contribution is -0.143. The van der Waals surface area contributed by atoms with Crippen molar-refractivity contribution in [3.8, 4) is 0 Å². The molecular weight excluding hydrogens is 346 g/mol. The summed E-state index contributed by atoms with van der Waals surface area (Å²) in [5.74, 6) is -1.14. The molecule has 0 spiro atoms. The van der Waals surface area contributed by atoms with Gasteiger partial charge in [-0.1, -0.05) is 0 Å². The molecule has 2 aromatic rings. The number of hydrogen-bond acceptors (Lipinski definition) is 4. The Balaban J connectivity index is 1.74. The van der Waals surface area contributed by atoms with Crippen LogP contribution in [0.1, 0.15) is 48.7 Å². The van der Waals surface area contributed by atoms with E-state index in [1.54, 1.807) is 18.3 Å². The number of fused-ring (bicyclic) bond motifs is 1. The van der Waals surface area contributed by atoms with Crippen LogP contribution >= 0.6 is 0 Å². The third kappa shape index (κ3) is 4.02. The normalized spacial score (nSPS) is 19.8. The highest BCUT2D eigenvalue weighted by molar-refractivity contribution is 5.96. The van der Waals surface area contributed by atoms with Gasteiger partial charge in [-0.05, 0) is 57.6 Å². The van der Waals surface area contributed by atoms with Crippen LogP contribution in [0.15, 0.2) is 23.1 Å². The number of carboxylic acid groups (broad SMARTS) is 1. The molecule has 0 aromatic carbocycles. The van der Waals surface area contributed by atoms with E-state index in [2.05, 4.69) is 10.3 Å². The molecule has 2 aromatic heterocycles. The summed E-state index contributed by atoms with van der Waals surface area (Å²) >= 11 is 0. The molecule has 2 heterocycles. The lowest BCUT2D eigenvalue weighted by Crippen LogP contribution is -2.35. The minimum atomic E-state index is -0.738. The fourth-order valence-corrected chi connectivity index (χ4v) is 3.71. The van der Waals surface area contributed by atoms with Crippen molar-refractivity contribution in [2.45, 2.75) is 46.1 Å². The zero-order valence-corrected chi connectivity index (χ0v) is 15.7. The van der Waals surface area contributed by atoms with Gasteiger partial charge in [-0.15, -0.1) is 0 Å². The Morgan fingerprint density at radius 1 is 1.26 bits per heavy atom. The second kappa shape index (κ2) is 7.90. The molecule has 1 amide bonds. The third-order valence-corrected chi connectivity index (χ3v) is 5.39. The van der Waals surface area contributed by atoms with E-state index in [1.165, 1.54) is 0 Å². The van der Waals surface area contributed by atoms with Crippen LogP contribution in [0.4, 0.5) is 0 Å². The fourth-order valence-electron chi connectivity index (χ4n) is 3.71. The summed E-state index contributed by atoms with van der Waals surface area (Å²) in [6, 6.07) is 3.49. The zero-order valence-electron chi connectivity index (χ0n) is 15.7. The van der Waals surface area contributed by atoms with Crippen molar-refractivity contribution in [2.75, 3.05) is 6.54 Å². The first-order valence-corrected chi connectivity index (χ1v) is 9.42. The highest BCUT2D eigenvalue weighted by Gasteiger charge is 2.26. The molecule has 144 valence electrons. The number of carboxylic acids is 1. The van der Waals surface area contributed by atoms with E-state index in [9.17, 15) is 14.4 Å². The third-order valence-electron chi connectivity index (χ3n) is 5.39. The summed E-state index contributed by atoms with van der Waals surface area (Å²) in [6.07, 6.45) is 4.40. The summed E-state index contributed by atoms with van der Waals surface area (Å²) in [5.41, 5.74) is 1.22. The summed E-state index contributed by atoms with van der Waals surface area (Å²) in [7, 11) is 0. The van der Waals surface area contributed by atoms with Crippen LogP contribution in [0.2, 0.25) is 0 Å². The van der Waals surface area contributed by atoms with Crippen LogP contribution in [0.3, 0.4) is 0 Å². The van der Waals surface area contributed by atoms with Crippen LogP contribution in [0.5, 0.6) is 0 Å². The van der Waals surface area contributed by atoms with Gasteiger partial charge in [0.2, 0.25) is 5.43 Å². The van der Waals surface area contributed by atoms with E-state index in [0.29, 0.717) is 37.0 Å². The van der Waals surface area contributed by atoms with Gasteiger partial charge in [-0.25, -0.2) is 4.98 Å². The smallest absolute Gasteiger partial charge is 0.306 e. The number of aryl methyl sites for hydroxylation is 2. The second-order valence-electron chi connectivity index (χ2n) is 7.25. The molecule has 3 rings (SSSR count). The lowest BCUT2D eigenvalue weighted by atomic mass is 9.82.